The summed E-state index contributed by atoms with van der Waals surface area (Å²) in [7, 11) is 1.98. The Labute approximate surface area is 73.6 Å². The van der Waals surface area contributed by atoms with E-state index in [1.165, 1.54) is 11.3 Å². The second kappa shape index (κ2) is 3.72. The van der Waals surface area contributed by atoms with Crippen LogP contribution < -0.4 is 5.73 Å². The lowest BCUT2D eigenvalue weighted by Gasteiger charge is -2.05. The van der Waals surface area contributed by atoms with Crippen molar-refractivity contribution in [2.24, 2.45) is 12.8 Å². The summed E-state index contributed by atoms with van der Waals surface area (Å²) < 4.78 is 1.93. The SMILES string of the molecule is Cc1cnn(C)c1CC[C@H](C)N. The van der Waals surface area contributed by atoms with Gasteiger partial charge in [-0.2, -0.15) is 5.10 Å². The van der Waals surface area contributed by atoms with Crippen molar-refractivity contribution in [1.29, 1.82) is 0 Å². The predicted octanol–water partition coefficient (Wildman–Crippen LogP) is 1.01. The Morgan fingerprint density at radius 2 is 2.33 bits per heavy atom. The van der Waals surface area contributed by atoms with Gasteiger partial charge in [-0.05, 0) is 32.3 Å². The largest absolute Gasteiger partial charge is 0.328 e. The van der Waals surface area contributed by atoms with Gasteiger partial charge in [0.1, 0.15) is 0 Å². The number of nitrogens with zero attached hydrogens (tertiary/aromatic N) is 2. The second-order valence-electron chi connectivity index (χ2n) is 3.41. The third-order valence-corrected chi connectivity index (χ3v) is 2.11. The fourth-order valence-corrected chi connectivity index (χ4v) is 1.30. The minimum atomic E-state index is 0.277. The number of hydrogen-bond acceptors (Lipinski definition) is 2. The van der Waals surface area contributed by atoms with Crippen molar-refractivity contribution in [3.63, 3.8) is 0 Å². The van der Waals surface area contributed by atoms with Gasteiger partial charge in [-0.3, -0.25) is 4.68 Å². The molecule has 0 bridgehead atoms. The third kappa shape index (κ3) is 2.08. The summed E-state index contributed by atoms with van der Waals surface area (Å²) in [6.45, 7) is 4.12. The summed E-state index contributed by atoms with van der Waals surface area (Å²) in [6.07, 6.45) is 3.96. The molecule has 0 aromatic carbocycles. The average molecular weight is 167 g/mol. The van der Waals surface area contributed by atoms with Gasteiger partial charge < -0.3 is 5.73 Å². The molecule has 0 unspecified atom stereocenters. The monoisotopic (exact) mass is 167 g/mol. The fraction of sp³-hybridized carbons (Fsp3) is 0.667. The average Bonchev–Trinajstić information content (AvgIpc) is 2.28. The molecule has 3 heteroatoms. The van der Waals surface area contributed by atoms with Gasteiger partial charge in [0.25, 0.3) is 0 Å². The normalized spacial score (nSPS) is 13.3. The maximum Gasteiger partial charge on any atom is 0.0521 e. The lowest BCUT2D eigenvalue weighted by molar-refractivity contribution is 0.622. The van der Waals surface area contributed by atoms with Crippen molar-refractivity contribution in [3.05, 3.63) is 17.5 Å². The first-order chi connectivity index (χ1) is 5.61. The van der Waals surface area contributed by atoms with Crippen LogP contribution in [0.25, 0.3) is 0 Å². The number of aromatic nitrogens is 2. The van der Waals surface area contributed by atoms with E-state index in [4.69, 9.17) is 5.73 Å². The van der Waals surface area contributed by atoms with Crippen LogP contribution in [0.3, 0.4) is 0 Å². The number of nitrogens with two attached hydrogens (primary N) is 1. The summed E-state index contributed by atoms with van der Waals surface area (Å²) in [5.41, 5.74) is 8.24. The van der Waals surface area contributed by atoms with E-state index in [-0.39, 0.29) is 6.04 Å². The molecule has 0 aliphatic carbocycles. The molecular weight excluding hydrogens is 150 g/mol. The zero-order valence-electron chi connectivity index (χ0n) is 8.04. The Kier molecular flexibility index (Phi) is 2.87. The van der Waals surface area contributed by atoms with E-state index in [1.807, 2.05) is 24.9 Å². The molecule has 1 atom stereocenters. The molecule has 0 aliphatic heterocycles. The van der Waals surface area contributed by atoms with Crippen LogP contribution in [0.4, 0.5) is 0 Å². The Morgan fingerprint density at radius 1 is 1.67 bits per heavy atom. The van der Waals surface area contributed by atoms with E-state index in [2.05, 4.69) is 12.0 Å². The van der Waals surface area contributed by atoms with E-state index < -0.39 is 0 Å². The van der Waals surface area contributed by atoms with E-state index in [0.29, 0.717) is 0 Å². The van der Waals surface area contributed by atoms with E-state index >= 15 is 0 Å². The van der Waals surface area contributed by atoms with Crippen molar-refractivity contribution < 1.29 is 0 Å². The molecule has 0 fully saturated rings. The Balaban J connectivity index is 2.62. The number of aryl methyl sites for hydroxylation is 2. The van der Waals surface area contributed by atoms with Crippen molar-refractivity contribution in [1.82, 2.24) is 9.78 Å². The van der Waals surface area contributed by atoms with E-state index in [9.17, 15) is 0 Å². The van der Waals surface area contributed by atoms with E-state index in [0.717, 1.165) is 12.8 Å². The maximum absolute atomic E-state index is 5.68. The smallest absolute Gasteiger partial charge is 0.0521 e. The quantitative estimate of drug-likeness (QED) is 0.730. The zero-order valence-corrected chi connectivity index (χ0v) is 8.04. The van der Waals surface area contributed by atoms with Crippen LogP contribution in [0.1, 0.15) is 24.6 Å². The van der Waals surface area contributed by atoms with Crippen molar-refractivity contribution >= 4 is 0 Å². The third-order valence-electron chi connectivity index (χ3n) is 2.11. The molecule has 0 saturated carbocycles. The molecule has 1 aromatic rings. The zero-order chi connectivity index (χ0) is 9.14. The molecule has 1 heterocycles. The predicted molar refractivity (Wildman–Crippen MR) is 49.9 cm³/mol. The number of hydrogen-bond donors (Lipinski definition) is 1. The van der Waals surface area contributed by atoms with Gasteiger partial charge >= 0.3 is 0 Å². The molecular formula is C9H17N3. The van der Waals surface area contributed by atoms with Gasteiger partial charge in [-0.1, -0.05) is 0 Å². The highest BCUT2D eigenvalue weighted by molar-refractivity contribution is 5.15. The molecule has 1 aromatic heterocycles. The lowest BCUT2D eigenvalue weighted by Crippen LogP contribution is -2.16. The maximum atomic E-state index is 5.68. The Bertz CT molecular complexity index is 231. The molecule has 0 amide bonds. The summed E-state index contributed by atoms with van der Waals surface area (Å²) in [5.74, 6) is 0. The molecule has 68 valence electrons. The highest BCUT2D eigenvalue weighted by atomic mass is 15.3. The van der Waals surface area contributed by atoms with Crippen LogP contribution in [-0.2, 0) is 13.5 Å². The summed E-state index contributed by atoms with van der Waals surface area (Å²) >= 11 is 0. The molecule has 0 saturated heterocycles. The van der Waals surface area contributed by atoms with Crippen LogP contribution in [0.15, 0.2) is 6.20 Å². The highest BCUT2D eigenvalue weighted by Crippen LogP contribution is 2.08. The molecule has 2 N–H and O–H groups in total. The first-order valence-electron chi connectivity index (χ1n) is 4.34. The van der Waals surface area contributed by atoms with Crippen molar-refractivity contribution in [3.8, 4) is 0 Å². The van der Waals surface area contributed by atoms with Crippen molar-refractivity contribution in [2.45, 2.75) is 32.7 Å². The van der Waals surface area contributed by atoms with Gasteiger partial charge in [-0.25, -0.2) is 0 Å². The van der Waals surface area contributed by atoms with Gasteiger partial charge in [0, 0.05) is 18.8 Å². The molecule has 12 heavy (non-hydrogen) atoms. The van der Waals surface area contributed by atoms with Crippen molar-refractivity contribution in [2.75, 3.05) is 0 Å². The van der Waals surface area contributed by atoms with Crippen LogP contribution >= 0.6 is 0 Å². The standard InChI is InChI=1S/C9H17N3/c1-7-6-11-12(3)9(7)5-4-8(2)10/h6,8H,4-5,10H2,1-3H3/t8-/m0/s1. The minimum Gasteiger partial charge on any atom is -0.328 e. The number of rotatable bonds is 3. The van der Waals surface area contributed by atoms with Crippen LogP contribution in [0.5, 0.6) is 0 Å². The van der Waals surface area contributed by atoms with Gasteiger partial charge in [0.2, 0.25) is 0 Å². The molecule has 0 aliphatic rings. The Hall–Kier alpha value is -0.830. The molecule has 0 radical (unpaired) electrons. The summed E-state index contributed by atoms with van der Waals surface area (Å²) in [4.78, 5) is 0. The van der Waals surface area contributed by atoms with Crippen LogP contribution in [-0.4, -0.2) is 15.8 Å². The first kappa shape index (κ1) is 9.26. The molecule has 3 nitrogen and oxygen atoms in total. The van der Waals surface area contributed by atoms with Gasteiger partial charge in [0.05, 0.1) is 6.20 Å². The highest BCUT2D eigenvalue weighted by Gasteiger charge is 2.04. The van der Waals surface area contributed by atoms with Gasteiger partial charge in [0.15, 0.2) is 0 Å². The van der Waals surface area contributed by atoms with E-state index in [1.54, 1.807) is 0 Å². The minimum absolute atomic E-state index is 0.277. The summed E-state index contributed by atoms with van der Waals surface area (Å²) in [6, 6.07) is 0.277. The van der Waals surface area contributed by atoms with Crippen LogP contribution in [0.2, 0.25) is 0 Å². The fourth-order valence-electron chi connectivity index (χ4n) is 1.30. The first-order valence-corrected chi connectivity index (χ1v) is 4.34. The molecule has 0 spiro atoms. The lowest BCUT2D eigenvalue weighted by atomic mass is 10.1. The topological polar surface area (TPSA) is 43.8 Å². The Morgan fingerprint density at radius 3 is 2.75 bits per heavy atom. The summed E-state index contributed by atoms with van der Waals surface area (Å²) in [5, 5.41) is 4.17. The van der Waals surface area contributed by atoms with Crippen LogP contribution in [0, 0.1) is 6.92 Å². The van der Waals surface area contributed by atoms with Gasteiger partial charge in [-0.15, -0.1) is 0 Å². The molecule has 1 rings (SSSR count). The second-order valence-corrected chi connectivity index (χ2v) is 3.41.